The quantitative estimate of drug-likeness (QED) is 0.466. The number of amides is 4. The summed E-state index contributed by atoms with van der Waals surface area (Å²) in [4.78, 5) is 35.6. The molecule has 0 radical (unpaired) electrons. The Morgan fingerprint density at radius 1 is 1.40 bits per heavy atom. The van der Waals surface area contributed by atoms with Crippen LogP contribution in [-0.2, 0) is 9.53 Å². The maximum atomic E-state index is 14.4. The van der Waals surface area contributed by atoms with Gasteiger partial charge in [0.05, 0.1) is 12.4 Å². The van der Waals surface area contributed by atoms with E-state index < -0.39 is 53.4 Å². The second-order valence-corrected chi connectivity index (χ2v) is 6.81. The first-order valence-electron chi connectivity index (χ1n) is 8.28. The lowest BCUT2D eigenvalue weighted by Gasteiger charge is -2.27. The number of alkyl halides is 3. The van der Waals surface area contributed by atoms with Gasteiger partial charge < -0.3 is 15.2 Å². The van der Waals surface area contributed by atoms with E-state index >= 15 is 0 Å². The minimum atomic E-state index is -4.48. The van der Waals surface area contributed by atoms with Gasteiger partial charge in [0.2, 0.25) is 0 Å². The third-order valence-corrected chi connectivity index (χ3v) is 4.73. The standard InChI is InChI=1S/C16H16F4N4O5S/c1-3-29-15(28)22-13(26)11-12(25)21-14(27)24(23-11)9-5-10(7(2)4-8(9)17)30-6-16(18,19)20/h4-5,12,25H,3,6H2,1-2H3,(H,21,27)(H,22,26,28). The molecule has 14 heteroatoms. The van der Waals surface area contributed by atoms with Gasteiger partial charge in [0, 0.05) is 4.90 Å². The molecule has 1 heterocycles. The summed E-state index contributed by atoms with van der Waals surface area (Å²) in [7, 11) is 0. The van der Waals surface area contributed by atoms with Gasteiger partial charge in [-0.1, -0.05) is 0 Å². The van der Waals surface area contributed by atoms with Crippen LogP contribution in [0, 0.1) is 12.7 Å². The smallest absolute Gasteiger partial charge is 0.414 e. The van der Waals surface area contributed by atoms with Crippen molar-refractivity contribution < 1.29 is 41.8 Å². The second-order valence-electron chi connectivity index (χ2n) is 5.80. The fourth-order valence-electron chi connectivity index (χ4n) is 2.23. The van der Waals surface area contributed by atoms with E-state index in [1.54, 1.807) is 5.32 Å². The predicted molar refractivity (Wildman–Crippen MR) is 97.5 cm³/mol. The number of carbonyl (C=O) groups is 3. The summed E-state index contributed by atoms with van der Waals surface area (Å²) in [6.07, 6.45) is -7.54. The Bertz CT molecular complexity index is 893. The Hall–Kier alpha value is -2.87. The number of ether oxygens (including phenoxy) is 1. The average Bonchev–Trinajstić information content (AvgIpc) is 2.61. The topological polar surface area (TPSA) is 120 Å². The van der Waals surface area contributed by atoms with E-state index in [1.807, 2.05) is 5.32 Å². The van der Waals surface area contributed by atoms with Gasteiger partial charge in [-0.2, -0.15) is 23.3 Å². The molecule has 1 unspecified atom stereocenters. The molecule has 1 atom stereocenters. The number of nitrogens with zero attached hydrogens (tertiary/aromatic N) is 2. The summed E-state index contributed by atoms with van der Waals surface area (Å²) in [6.45, 7) is 2.81. The fourth-order valence-corrected chi connectivity index (χ4v) is 3.03. The molecule has 30 heavy (non-hydrogen) atoms. The molecule has 9 nitrogen and oxygen atoms in total. The number of rotatable bonds is 5. The highest BCUT2D eigenvalue weighted by Gasteiger charge is 2.35. The van der Waals surface area contributed by atoms with Crippen molar-refractivity contribution in [2.45, 2.75) is 31.1 Å². The number of nitrogens with one attached hydrogen (secondary N) is 2. The Labute approximate surface area is 171 Å². The van der Waals surface area contributed by atoms with Gasteiger partial charge in [0.25, 0.3) is 5.91 Å². The highest BCUT2D eigenvalue weighted by Crippen LogP contribution is 2.34. The lowest BCUT2D eigenvalue weighted by atomic mass is 10.2. The van der Waals surface area contributed by atoms with Crippen LogP contribution in [0.5, 0.6) is 0 Å². The van der Waals surface area contributed by atoms with Gasteiger partial charge in [-0.05, 0) is 31.5 Å². The summed E-state index contributed by atoms with van der Waals surface area (Å²) in [6, 6.07) is 0.716. The molecule has 1 aromatic carbocycles. The van der Waals surface area contributed by atoms with Crippen LogP contribution >= 0.6 is 11.8 Å². The van der Waals surface area contributed by atoms with Crippen molar-refractivity contribution in [1.82, 2.24) is 10.6 Å². The highest BCUT2D eigenvalue weighted by atomic mass is 32.2. The molecule has 3 N–H and O–H groups in total. The molecule has 164 valence electrons. The molecule has 1 aromatic rings. The molecule has 1 aliphatic rings. The van der Waals surface area contributed by atoms with Gasteiger partial charge in [0.1, 0.15) is 11.5 Å². The van der Waals surface area contributed by atoms with Crippen molar-refractivity contribution in [3.05, 3.63) is 23.5 Å². The summed E-state index contributed by atoms with van der Waals surface area (Å²) >= 11 is 0.375. The lowest BCUT2D eigenvalue weighted by molar-refractivity contribution is -0.114. The Balaban J connectivity index is 2.38. The second kappa shape index (κ2) is 9.30. The molecule has 0 fully saturated rings. The molecule has 0 bridgehead atoms. The molecule has 0 aliphatic carbocycles. The van der Waals surface area contributed by atoms with Gasteiger partial charge in [-0.25, -0.2) is 14.0 Å². The molecule has 0 aromatic heterocycles. The number of aliphatic hydroxyl groups excluding tert-OH is 1. The number of urea groups is 1. The van der Waals surface area contributed by atoms with Crippen molar-refractivity contribution in [1.29, 1.82) is 0 Å². The van der Waals surface area contributed by atoms with Crippen LogP contribution in [-0.4, -0.2) is 53.6 Å². The predicted octanol–water partition coefficient (Wildman–Crippen LogP) is 2.27. The van der Waals surface area contributed by atoms with E-state index in [9.17, 15) is 37.1 Å². The average molecular weight is 452 g/mol. The van der Waals surface area contributed by atoms with E-state index in [2.05, 4.69) is 9.84 Å². The van der Waals surface area contributed by atoms with Crippen molar-refractivity contribution in [3.8, 4) is 0 Å². The number of hydrogen-bond acceptors (Lipinski definition) is 7. The molecular weight excluding hydrogens is 436 g/mol. The summed E-state index contributed by atoms with van der Waals surface area (Å²) in [5.74, 6) is -3.49. The SMILES string of the molecule is CCOC(=O)NC(=O)C1=NN(c2cc(SCC(F)(F)F)c(C)cc2F)C(=O)NC1O. The van der Waals surface area contributed by atoms with E-state index in [0.717, 1.165) is 12.1 Å². The third-order valence-electron chi connectivity index (χ3n) is 3.51. The maximum absolute atomic E-state index is 14.4. The molecule has 0 saturated heterocycles. The van der Waals surface area contributed by atoms with Crippen LogP contribution in [0.3, 0.4) is 0 Å². The largest absolute Gasteiger partial charge is 0.450 e. The van der Waals surface area contributed by atoms with Crippen LogP contribution in [0.4, 0.5) is 32.8 Å². The van der Waals surface area contributed by atoms with E-state index in [4.69, 9.17) is 0 Å². The number of hydrogen-bond donors (Lipinski definition) is 3. The Morgan fingerprint density at radius 3 is 2.67 bits per heavy atom. The van der Waals surface area contributed by atoms with E-state index in [1.165, 1.54) is 13.8 Å². The maximum Gasteiger partial charge on any atom is 0.414 e. The summed E-state index contributed by atoms with van der Waals surface area (Å²) in [5.41, 5.74) is -1.14. The van der Waals surface area contributed by atoms with Crippen molar-refractivity contribution in [2.75, 3.05) is 17.4 Å². The number of alkyl carbamates (subject to hydrolysis) is 1. The van der Waals surface area contributed by atoms with Crippen molar-refractivity contribution in [3.63, 3.8) is 0 Å². The number of thioether (sulfide) groups is 1. The minimum absolute atomic E-state index is 0.0235. The van der Waals surface area contributed by atoms with Crippen LogP contribution in [0.1, 0.15) is 12.5 Å². The summed E-state index contributed by atoms with van der Waals surface area (Å²) in [5, 5.41) is 17.4. The summed E-state index contributed by atoms with van der Waals surface area (Å²) < 4.78 is 56.5. The molecule has 4 amide bonds. The first-order chi connectivity index (χ1) is 13.9. The van der Waals surface area contributed by atoms with E-state index in [-0.39, 0.29) is 17.1 Å². The molecule has 1 aliphatic heterocycles. The first-order valence-corrected chi connectivity index (χ1v) is 9.26. The van der Waals surface area contributed by atoms with Gasteiger partial charge in [0.15, 0.2) is 11.9 Å². The van der Waals surface area contributed by atoms with Crippen LogP contribution in [0.15, 0.2) is 22.1 Å². The molecule has 0 saturated carbocycles. The highest BCUT2D eigenvalue weighted by molar-refractivity contribution is 7.99. The first kappa shape index (κ1) is 23.4. The number of halogens is 4. The number of hydrazone groups is 1. The lowest BCUT2D eigenvalue weighted by Crippen LogP contribution is -2.56. The number of aryl methyl sites for hydroxylation is 1. The Morgan fingerprint density at radius 2 is 2.07 bits per heavy atom. The molecule has 2 rings (SSSR count). The molecular formula is C16H16F4N4O5S. The zero-order valence-corrected chi connectivity index (χ0v) is 16.4. The van der Waals surface area contributed by atoms with Gasteiger partial charge in [-0.3, -0.25) is 10.1 Å². The monoisotopic (exact) mass is 452 g/mol. The van der Waals surface area contributed by atoms with Gasteiger partial charge >= 0.3 is 18.3 Å². The number of anilines is 1. The van der Waals surface area contributed by atoms with Crippen molar-refractivity contribution in [2.24, 2.45) is 5.10 Å². The van der Waals surface area contributed by atoms with Crippen molar-refractivity contribution >= 4 is 41.2 Å². The minimum Gasteiger partial charge on any atom is -0.450 e. The Kier molecular flexibility index (Phi) is 7.25. The van der Waals surface area contributed by atoms with Crippen LogP contribution < -0.4 is 15.6 Å². The van der Waals surface area contributed by atoms with Gasteiger partial charge in [-0.15, -0.1) is 11.8 Å². The molecule has 0 spiro atoms. The van der Waals surface area contributed by atoms with Crippen LogP contribution in [0.2, 0.25) is 0 Å². The number of imide groups is 1. The third kappa shape index (κ3) is 5.82. The van der Waals surface area contributed by atoms with Crippen LogP contribution in [0.25, 0.3) is 0 Å². The van der Waals surface area contributed by atoms with E-state index in [0.29, 0.717) is 16.8 Å². The number of carbonyl (C=O) groups excluding carboxylic acids is 3. The zero-order valence-electron chi connectivity index (χ0n) is 15.5. The fraction of sp³-hybridized carbons (Fsp3) is 0.375. The normalized spacial score (nSPS) is 16.6. The number of aliphatic hydroxyl groups is 1. The number of benzene rings is 1. The zero-order chi connectivity index (χ0) is 22.6.